The zero-order valence-corrected chi connectivity index (χ0v) is 11.9. The van der Waals surface area contributed by atoms with Crippen LogP contribution in [0.25, 0.3) is 0 Å². The van der Waals surface area contributed by atoms with E-state index < -0.39 is 0 Å². The molecule has 2 N–H and O–H groups in total. The first kappa shape index (κ1) is 15.8. The van der Waals surface area contributed by atoms with Gasteiger partial charge < -0.3 is 20.1 Å². The summed E-state index contributed by atoms with van der Waals surface area (Å²) in [5.41, 5.74) is 0. The third-order valence-electron chi connectivity index (χ3n) is 2.88. The first-order valence-corrected chi connectivity index (χ1v) is 6.85. The fourth-order valence-corrected chi connectivity index (χ4v) is 1.52. The Morgan fingerprint density at radius 3 is 2.68 bits per heavy atom. The van der Waals surface area contributed by atoms with Crippen molar-refractivity contribution in [1.29, 1.82) is 0 Å². The first-order valence-electron chi connectivity index (χ1n) is 6.85. The van der Waals surface area contributed by atoms with Crippen molar-refractivity contribution in [3.05, 3.63) is 0 Å². The highest BCUT2D eigenvalue weighted by Gasteiger charge is 2.20. The predicted octanol–water partition coefficient (Wildman–Crippen LogP) is 0.531. The summed E-state index contributed by atoms with van der Waals surface area (Å²) in [6, 6.07) is 0. The van der Waals surface area contributed by atoms with E-state index in [9.17, 15) is 4.79 Å². The number of hydrogen-bond acceptors (Lipinski definition) is 4. The number of nitrogens with zero attached hydrogens (tertiary/aromatic N) is 1. The van der Waals surface area contributed by atoms with Crippen LogP contribution in [0.3, 0.4) is 0 Å². The molecular weight excluding hydrogens is 246 g/mol. The third-order valence-corrected chi connectivity index (χ3v) is 2.88. The molecule has 0 heterocycles. The molecule has 110 valence electrons. The molecule has 0 aromatic rings. The van der Waals surface area contributed by atoms with Crippen LogP contribution in [-0.2, 0) is 14.3 Å². The topological polar surface area (TPSA) is 72.0 Å². The molecule has 0 bridgehead atoms. The minimum absolute atomic E-state index is 0.226. The molecule has 0 unspecified atom stereocenters. The van der Waals surface area contributed by atoms with Crippen LogP contribution in [0.1, 0.15) is 25.7 Å². The quantitative estimate of drug-likeness (QED) is 0.277. The molecule has 0 aliphatic heterocycles. The molecule has 0 spiro atoms. The second kappa shape index (κ2) is 9.61. The van der Waals surface area contributed by atoms with Gasteiger partial charge in [0.2, 0.25) is 0 Å². The van der Waals surface area contributed by atoms with Gasteiger partial charge in [0.15, 0.2) is 5.96 Å². The van der Waals surface area contributed by atoms with Crippen LogP contribution in [0.2, 0.25) is 0 Å². The average Bonchev–Trinajstić information content (AvgIpc) is 3.24. The van der Waals surface area contributed by atoms with Crippen LogP contribution < -0.4 is 10.6 Å². The van der Waals surface area contributed by atoms with Gasteiger partial charge in [-0.1, -0.05) is 0 Å². The first-order chi connectivity index (χ1) is 9.26. The Bertz CT molecular complexity index is 291. The Kier molecular flexibility index (Phi) is 7.97. The molecule has 0 radical (unpaired) electrons. The standard InChI is InChI=1S/C13H25N3O3/c1-14-13(16-8-6-12(17)18-2)15-7-3-9-19-10-11-4-5-11/h11H,3-10H2,1-2H3,(H2,14,15,16). The molecule has 1 rings (SSSR count). The van der Waals surface area contributed by atoms with E-state index in [1.807, 2.05) is 0 Å². The van der Waals surface area contributed by atoms with Crippen molar-refractivity contribution in [2.24, 2.45) is 10.9 Å². The maximum Gasteiger partial charge on any atom is 0.307 e. The van der Waals surface area contributed by atoms with Crippen LogP contribution in [0.5, 0.6) is 0 Å². The number of nitrogens with one attached hydrogen (secondary N) is 2. The lowest BCUT2D eigenvalue weighted by molar-refractivity contribution is -0.140. The smallest absolute Gasteiger partial charge is 0.307 e. The van der Waals surface area contributed by atoms with Crippen LogP contribution in [0.15, 0.2) is 4.99 Å². The van der Waals surface area contributed by atoms with Gasteiger partial charge in [0.1, 0.15) is 0 Å². The van der Waals surface area contributed by atoms with Crippen molar-refractivity contribution in [1.82, 2.24) is 10.6 Å². The second-order valence-electron chi connectivity index (χ2n) is 4.62. The summed E-state index contributed by atoms with van der Waals surface area (Å²) < 4.78 is 10.1. The lowest BCUT2D eigenvalue weighted by Crippen LogP contribution is -2.39. The summed E-state index contributed by atoms with van der Waals surface area (Å²) >= 11 is 0. The van der Waals surface area contributed by atoms with Crippen molar-refractivity contribution in [2.45, 2.75) is 25.7 Å². The summed E-state index contributed by atoms with van der Waals surface area (Å²) in [5, 5.41) is 6.22. The van der Waals surface area contributed by atoms with Crippen LogP contribution >= 0.6 is 0 Å². The highest BCUT2D eigenvalue weighted by Crippen LogP contribution is 2.28. The average molecular weight is 271 g/mol. The number of carbonyl (C=O) groups excluding carboxylic acids is 1. The Balaban J connectivity index is 1.93. The molecule has 1 aliphatic rings. The minimum Gasteiger partial charge on any atom is -0.469 e. The van der Waals surface area contributed by atoms with Gasteiger partial charge in [-0.3, -0.25) is 9.79 Å². The van der Waals surface area contributed by atoms with E-state index in [2.05, 4.69) is 20.4 Å². The fourth-order valence-electron chi connectivity index (χ4n) is 1.52. The van der Waals surface area contributed by atoms with Crippen LogP contribution in [0, 0.1) is 5.92 Å². The van der Waals surface area contributed by atoms with E-state index in [1.165, 1.54) is 20.0 Å². The van der Waals surface area contributed by atoms with Crippen molar-refractivity contribution >= 4 is 11.9 Å². The zero-order chi connectivity index (χ0) is 13.9. The maximum absolute atomic E-state index is 10.9. The van der Waals surface area contributed by atoms with Crippen molar-refractivity contribution in [3.8, 4) is 0 Å². The molecule has 0 atom stereocenters. The van der Waals surface area contributed by atoms with Gasteiger partial charge in [0.05, 0.1) is 13.5 Å². The van der Waals surface area contributed by atoms with Crippen LogP contribution in [0.4, 0.5) is 0 Å². The number of carbonyl (C=O) groups is 1. The van der Waals surface area contributed by atoms with E-state index in [0.717, 1.165) is 32.1 Å². The van der Waals surface area contributed by atoms with E-state index in [0.29, 0.717) is 18.9 Å². The summed E-state index contributed by atoms with van der Waals surface area (Å²) in [4.78, 5) is 15.0. The summed E-state index contributed by atoms with van der Waals surface area (Å²) in [5.74, 6) is 1.29. The molecule has 0 amide bonds. The zero-order valence-electron chi connectivity index (χ0n) is 11.9. The Hall–Kier alpha value is -1.30. The number of rotatable bonds is 9. The molecule has 6 heteroatoms. The highest BCUT2D eigenvalue weighted by atomic mass is 16.5. The number of hydrogen-bond donors (Lipinski definition) is 2. The Morgan fingerprint density at radius 2 is 2.05 bits per heavy atom. The van der Waals surface area contributed by atoms with Gasteiger partial charge in [-0.2, -0.15) is 0 Å². The number of methoxy groups -OCH3 is 1. The number of esters is 1. The summed E-state index contributed by atoms with van der Waals surface area (Å²) in [6.45, 7) is 3.02. The van der Waals surface area contributed by atoms with E-state index in [4.69, 9.17) is 4.74 Å². The van der Waals surface area contributed by atoms with Gasteiger partial charge in [-0.15, -0.1) is 0 Å². The summed E-state index contributed by atoms with van der Waals surface area (Å²) in [6.07, 6.45) is 3.94. The molecule has 0 aromatic heterocycles. The SMILES string of the molecule is CN=C(NCCCOCC1CC1)NCCC(=O)OC. The number of ether oxygens (including phenoxy) is 2. The molecule has 1 fully saturated rings. The lowest BCUT2D eigenvalue weighted by atomic mass is 10.4. The molecule has 0 aromatic carbocycles. The van der Waals surface area contributed by atoms with Crippen LogP contribution in [-0.4, -0.2) is 52.4 Å². The molecule has 6 nitrogen and oxygen atoms in total. The van der Waals surface area contributed by atoms with E-state index in [1.54, 1.807) is 7.05 Å². The number of guanidine groups is 1. The van der Waals surface area contributed by atoms with Gasteiger partial charge in [-0.05, 0) is 25.2 Å². The Labute approximate surface area is 114 Å². The molecule has 19 heavy (non-hydrogen) atoms. The van der Waals surface area contributed by atoms with E-state index in [-0.39, 0.29) is 5.97 Å². The molecular formula is C13H25N3O3. The third kappa shape index (κ3) is 8.42. The van der Waals surface area contributed by atoms with Crippen molar-refractivity contribution < 1.29 is 14.3 Å². The van der Waals surface area contributed by atoms with Gasteiger partial charge in [0, 0.05) is 33.4 Å². The number of aliphatic imine (C=N–C) groups is 1. The normalized spacial score (nSPS) is 15.2. The molecule has 0 saturated heterocycles. The van der Waals surface area contributed by atoms with Gasteiger partial charge >= 0.3 is 5.97 Å². The largest absolute Gasteiger partial charge is 0.469 e. The van der Waals surface area contributed by atoms with Crippen molar-refractivity contribution in [3.63, 3.8) is 0 Å². The maximum atomic E-state index is 10.9. The van der Waals surface area contributed by atoms with Crippen molar-refractivity contribution in [2.75, 3.05) is 40.5 Å². The second-order valence-corrected chi connectivity index (χ2v) is 4.62. The lowest BCUT2D eigenvalue weighted by Gasteiger charge is -2.11. The monoisotopic (exact) mass is 271 g/mol. The van der Waals surface area contributed by atoms with E-state index >= 15 is 0 Å². The van der Waals surface area contributed by atoms with Gasteiger partial charge in [-0.25, -0.2) is 0 Å². The minimum atomic E-state index is -0.226. The highest BCUT2D eigenvalue weighted by molar-refractivity contribution is 5.80. The van der Waals surface area contributed by atoms with Gasteiger partial charge in [0.25, 0.3) is 0 Å². The molecule has 1 aliphatic carbocycles. The summed E-state index contributed by atoms with van der Waals surface area (Å²) in [7, 11) is 3.09. The molecule has 1 saturated carbocycles. The fraction of sp³-hybridized carbons (Fsp3) is 0.846. The Morgan fingerprint density at radius 1 is 1.32 bits per heavy atom. The predicted molar refractivity (Wildman–Crippen MR) is 74.2 cm³/mol.